The number of carbonyl (C=O) groups excluding carboxylic acids is 2. The highest BCUT2D eigenvalue weighted by Gasteiger charge is 2.50. The summed E-state index contributed by atoms with van der Waals surface area (Å²) in [5.41, 5.74) is 6.14. The van der Waals surface area contributed by atoms with E-state index in [0.717, 1.165) is 6.92 Å². The maximum Gasteiger partial charge on any atom is 0.408 e. The SMILES string of the molecule is C#Cc1ccnc(NC(=O)N2c3nc(C(=O)N[C@H](C)C(F)(F)F)ccc3N3CC[C@@]2(N)C3)c1. The molecule has 4 N–H and O–H groups in total. The van der Waals surface area contributed by atoms with Crippen molar-refractivity contribution < 1.29 is 22.8 Å². The molecular weight excluding hydrogens is 439 g/mol. The molecule has 2 aromatic heterocycles. The van der Waals surface area contributed by atoms with Gasteiger partial charge in [-0.05, 0) is 31.2 Å². The first-order valence-electron chi connectivity index (χ1n) is 9.98. The van der Waals surface area contributed by atoms with Crippen molar-refractivity contribution >= 4 is 29.3 Å². The summed E-state index contributed by atoms with van der Waals surface area (Å²) in [6, 6.07) is 3.22. The van der Waals surface area contributed by atoms with E-state index in [-0.39, 0.29) is 17.3 Å². The molecule has 0 saturated carbocycles. The van der Waals surface area contributed by atoms with Gasteiger partial charge in [-0.25, -0.2) is 14.8 Å². The molecule has 0 radical (unpaired) electrons. The van der Waals surface area contributed by atoms with Gasteiger partial charge in [-0.3, -0.25) is 15.0 Å². The van der Waals surface area contributed by atoms with Gasteiger partial charge < -0.3 is 16.0 Å². The highest BCUT2D eigenvalue weighted by atomic mass is 19.4. The molecule has 4 heterocycles. The number of pyridine rings is 2. The first-order valence-corrected chi connectivity index (χ1v) is 9.98. The number of amides is 3. The smallest absolute Gasteiger partial charge is 0.365 e. The van der Waals surface area contributed by atoms with Gasteiger partial charge in [0.25, 0.3) is 5.91 Å². The number of halogens is 3. The van der Waals surface area contributed by atoms with Crippen LogP contribution in [0.1, 0.15) is 29.4 Å². The number of rotatable bonds is 3. The molecule has 2 aliphatic rings. The van der Waals surface area contributed by atoms with E-state index in [4.69, 9.17) is 12.2 Å². The Morgan fingerprint density at radius 3 is 2.79 bits per heavy atom. The predicted molar refractivity (Wildman–Crippen MR) is 115 cm³/mol. The Bertz CT molecular complexity index is 1160. The number of anilines is 3. The lowest BCUT2D eigenvalue weighted by Gasteiger charge is -2.42. The molecule has 9 nitrogen and oxygen atoms in total. The fraction of sp³-hybridized carbons (Fsp3) is 0.333. The predicted octanol–water partition coefficient (Wildman–Crippen LogP) is 2.06. The normalized spacial score (nSPS) is 20.0. The first kappa shape index (κ1) is 22.3. The van der Waals surface area contributed by atoms with E-state index in [9.17, 15) is 22.8 Å². The van der Waals surface area contributed by atoms with Gasteiger partial charge in [0.2, 0.25) is 0 Å². The van der Waals surface area contributed by atoms with Crippen molar-refractivity contribution in [2.75, 3.05) is 28.2 Å². The van der Waals surface area contributed by atoms with Crippen LogP contribution in [-0.4, -0.2) is 52.9 Å². The molecule has 0 unspecified atom stereocenters. The quantitative estimate of drug-likeness (QED) is 0.605. The Balaban J connectivity index is 1.67. The fourth-order valence-electron chi connectivity index (χ4n) is 3.80. The Kier molecular flexibility index (Phi) is 5.37. The lowest BCUT2D eigenvalue weighted by molar-refractivity contribution is -0.149. The Morgan fingerprint density at radius 1 is 1.33 bits per heavy atom. The van der Waals surface area contributed by atoms with E-state index < -0.39 is 29.8 Å². The van der Waals surface area contributed by atoms with Crippen LogP contribution in [0.15, 0.2) is 30.5 Å². The zero-order valence-electron chi connectivity index (χ0n) is 17.5. The van der Waals surface area contributed by atoms with Gasteiger partial charge >= 0.3 is 12.2 Å². The molecule has 4 rings (SSSR count). The van der Waals surface area contributed by atoms with Crippen molar-refractivity contribution in [1.82, 2.24) is 15.3 Å². The molecule has 0 spiro atoms. The summed E-state index contributed by atoms with van der Waals surface area (Å²) < 4.78 is 38.6. The summed E-state index contributed by atoms with van der Waals surface area (Å²) in [4.78, 5) is 37.1. The van der Waals surface area contributed by atoms with Crippen LogP contribution in [0.2, 0.25) is 0 Å². The zero-order chi connectivity index (χ0) is 24.0. The summed E-state index contributed by atoms with van der Waals surface area (Å²) in [6.07, 6.45) is 2.63. The second kappa shape index (κ2) is 7.93. The maximum atomic E-state index is 13.2. The minimum atomic E-state index is -4.61. The van der Waals surface area contributed by atoms with E-state index in [2.05, 4.69) is 21.2 Å². The fourth-order valence-corrected chi connectivity index (χ4v) is 3.80. The number of hydrogen-bond donors (Lipinski definition) is 3. The van der Waals surface area contributed by atoms with Crippen molar-refractivity contribution in [3.63, 3.8) is 0 Å². The average Bonchev–Trinajstić information content (AvgIpc) is 3.10. The lowest BCUT2D eigenvalue weighted by atomic mass is 10.1. The van der Waals surface area contributed by atoms with Gasteiger partial charge in [0.1, 0.15) is 23.2 Å². The van der Waals surface area contributed by atoms with Gasteiger partial charge in [-0.15, -0.1) is 6.42 Å². The highest BCUT2D eigenvalue weighted by Crippen LogP contribution is 2.42. The summed E-state index contributed by atoms with van der Waals surface area (Å²) in [7, 11) is 0. The van der Waals surface area contributed by atoms with Crippen molar-refractivity contribution in [3.05, 3.63) is 41.7 Å². The lowest BCUT2D eigenvalue weighted by Crippen LogP contribution is -2.63. The van der Waals surface area contributed by atoms with Crippen LogP contribution in [0, 0.1) is 12.3 Å². The minimum absolute atomic E-state index is 0.0687. The van der Waals surface area contributed by atoms with E-state index in [1.807, 2.05) is 10.2 Å². The highest BCUT2D eigenvalue weighted by molar-refractivity contribution is 6.05. The third-order valence-electron chi connectivity index (χ3n) is 5.57. The van der Waals surface area contributed by atoms with Crippen LogP contribution in [0.5, 0.6) is 0 Å². The molecular formula is C21H20F3N7O2. The second-order valence-corrected chi connectivity index (χ2v) is 7.89. The summed E-state index contributed by atoms with van der Waals surface area (Å²) in [5.74, 6) is 1.68. The van der Waals surface area contributed by atoms with Crippen molar-refractivity contribution in [2.45, 2.75) is 31.2 Å². The number of nitrogens with one attached hydrogen (secondary N) is 2. The number of alkyl halides is 3. The summed E-state index contributed by atoms with van der Waals surface area (Å²) >= 11 is 0. The van der Waals surface area contributed by atoms with Gasteiger partial charge in [0, 0.05) is 24.7 Å². The zero-order valence-corrected chi connectivity index (χ0v) is 17.5. The molecule has 1 saturated heterocycles. The monoisotopic (exact) mass is 459 g/mol. The Labute approximate surface area is 187 Å². The largest absolute Gasteiger partial charge is 0.408 e. The molecule has 2 bridgehead atoms. The number of nitrogens with zero attached hydrogens (tertiary/aromatic N) is 4. The molecule has 172 valence electrons. The number of nitrogens with two attached hydrogens (primary N) is 1. The molecule has 0 aromatic carbocycles. The van der Waals surface area contributed by atoms with Crippen LogP contribution in [0.3, 0.4) is 0 Å². The molecule has 3 amide bonds. The van der Waals surface area contributed by atoms with Crippen molar-refractivity contribution in [1.29, 1.82) is 0 Å². The molecule has 1 fully saturated rings. The third-order valence-corrected chi connectivity index (χ3v) is 5.57. The standard InChI is InChI=1S/C21H20F3N7O2/c1-3-13-6-8-26-16(10-13)29-19(33)31-17-15(30-9-7-20(31,25)11-30)5-4-14(28-17)18(32)27-12(2)21(22,23)24/h1,4-6,8,10,12H,7,9,11,25H2,2H3,(H,27,32)(H,26,29,33)/t12-,20+/m1/s1. The summed E-state index contributed by atoms with van der Waals surface area (Å²) in [6.45, 7) is 1.69. The van der Waals surface area contributed by atoms with Crippen LogP contribution in [-0.2, 0) is 0 Å². The van der Waals surface area contributed by atoms with Gasteiger partial charge in [0.05, 0.1) is 12.2 Å². The van der Waals surface area contributed by atoms with E-state index in [1.54, 1.807) is 6.07 Å². The van der Waals surface area contributed by atoms with Crippen LogP contribution in [0.25, 0.3) is 0 Å². The van der Waals surface area contributed by atoms with Crippen molar-refractivity contribution in [2.24, 2.45) is 5.73 Å². The Hall–Kier alpha value is -3.85. The van der Waals surface area contributed by atoms with Crippen molar-refractivity contribution in [3.8, 4) is 12.3 Å². The maximum absolute atomic E-state index is 13.2. The molecule has 2 aliphatic heterocycles. The molecule has 2 aromatic rings. The number of hydrogen-bond acceptors (Lipinski definition) is 6. The van der Waals surface area contributed by atoms with Gasteiger partial charge in [-0.1, -0.05) is 5.92 Å². The van der Waals surface area contributed by atoms with Crippen LogP contribution >= 0.6 is 0 Å². The minimum Gasteiger partial charge on any atom is -0.365 e. The molecule has 2 atom stereocenters. The van der Waals surface area contributed by atoms with Crippen LogP contribution in [0.4, 0.5) is 35.3 Å². The van der Waals surface area contributed by atoms with E-state index in [0.29, 0.717) is 30.8 Å². The first-order chi connectivity index (χ1) is 15.5. The number of terminal acetylenes is 1. The van der Waals surface area contributed by atoms with E-state index in [1.165, 1.54) is 29.3 Å². The number of aromatic nitrogens is 2. The number of urea groups is 1. The van der Waals surface area contributed by atoms with Crippen LogP contribution < -0.4 is 26.2 Å². The third kappa shape index (κ3) is 4.14. The number of fused-ring (bicyclic) bond motifs is 4. The van der Waals surface area contributed by atoms with Gasteiger partial charge in [0.15, 0.2) is 5.82 Å². The van der Waals surface area contributed by atoms with E-state index >= 15 is 0 Å². The molecule has 33 heavy (non-hydrogen) atoms. The average molecular weight is 459 g/mol. The molecule has 0 aliphatic carbocycles. The van der Waals surface area contributed by atoms with Gasteiger partial charge in [-0.2, -0.15) is 13.2 Å². The number of carbonyl (C=O) groups is 2. The molecule has 12 heteroatoms. The second-order valence-electron chi connectivity index (χ2n) is 7.89. The topological polar surface area (TPSA) is 116 Å². The Morgan fingerprint density at radius 2 is 2.09 bits per heavy atom. The summed E-state index contributed by atoms with van der Waals surface area (Å²) in [5, 5.41) is 4.50.